The van der Waals surface area contributed by atoms with Crippen LogP contribution in [0.1, 0.15) is 6.92 Å². The number of nitroso groups, excluding NO2 is 1. The van der Waals surface area contributed by atoms with Crippen molar-refractivity contribution in [3.05, 3.63) is 4.91 Å². The molecule has 0 aliphatic heterocycles. The van der Waals surface area contributed by atoms with Crippen molar-refractivity contribution in [2.75, 3.05) is 0 Å². The molecule has 0 spiro atoms. The highest BCUT2D eigenvalue weighted by Crippen LogP contribution is 1.71. The largest absolute Gasteiger partial charge is 0.289 e. The summed E-state index contributed by atoms with van der Waals surface area (Å²) in [7, 11) is 0. The molecule has 0 atom stereocenters. The van der Waals surface area contributed by atoms with E-state index in [1.807, 2.05) is 0 Å². The summed E-state index contributed by atoms with van der Waals surface area (Å²) in [6, 6.07) is 0. The number of rotatable bonds is 1. The van der Waals surface area contributed by atoms with E-state index in [0.29, 0.717) is 0 Å². The third-order valence-corrected chi connectivity index (χ3v) is 0.383. The fourth-order valence-corrected chi connectivity index (χ4v) is 0.117. The molecule has 0 aromatic rings. The van der Waals surface area contributed by atoms with Gasteiger partial charge >= 0.3 is 0 Å². The smallest absolute Gasteiger partial charge is 0.171 e. The molecule has 0 aromatic carbocycles. The van der Waals surface area contributed by atoms with E-state index in [1.54, 1.807) is 0 Å². The second-order valence-corrected chi connectivity index (χ2v) is 0.897. The highest BCUT2D eigenvalue weighted by atomic mass is 16.3. The van der Waals surface area contributed by atoms with Gasteiger partial charge in [-0.05, 0) is 12.1 Å². The Labute approximate surface area is 40.7 Å². The van der Waals surface area contributed by atoms with E-state index >= 15 is 0 Å². The van der Waals surface area contributed by atoms with Crippen LogP contribution < -0.4 is 0 Å². The quantitative estimate of drug-likeness (QED) is 0.294. The number of nitrogens with zero attached hydrogens (tertiary/aromatic N) is 2. The van der Waals surface area contributed by atoms with Crippen LogP contribution in [0.3, 0.4) is 0 Å². The third-order valence-electron chi connectivity index (χ3n) is 0.383. The third kappa shape index (κ3) is 2.75. The Kier molecular flexibility index (Phi) is 2.67. The van der Waals surface area contributed by atoms with Crippen LogP contribution in [0.15, 0.2) is 10.2 Å². The van der Waals surface area contributed by atoms with Gasteiger partial charge in [-0.1, -0.05) is 0 Å². The first-order valence-corrected chi connectivity index (χ1v) is 1.68. The van der Waals surface area contributed by atoms with Crippen molar-refractivity contribution in [1.29, 1.82) is 5.41 Å². The zero-order valence-corrected chi connectivity index (χ0v) is 3.88. The summed E-state index contributed by atoms with van der Waals surface area (Å²) in [4.78, 5) is 12.6. The second-order valence-electron chi connectivity index (χ2n) is 0.897. The molecule has 0 saturated heterocycles. The molecule has 7 heavy (non-hydrogen) atoms. The molecule has 0 amide bonds. The summed E-state index contributed by atoms with van der Waals surface area (Å²) in [5, 5.41) is 8.75. The van der Waals surface area contributed by atoms with Gasteiger partial charge in [0.2, 0.25) is 0 Å². The normalized spacial score (nSPS) is 10.7. The van der Waals surface area contributed by atoms with Crippen LogP contribution >= 0.6 is 0 Å². The molecule has 4 heteroatoms. The predicted molar refractivity (Wildman–Crippen MR) is 27.7 cm³/mol. The highest BCUT2D eigenvalue weighted by molar-refractivity contribution is 5.86. The molecule has 0 bridgehead atoms. The monoisotopic (exact) mass is 99.0 g/mol. The van der Waals surface area contributed by atoms with Crippen LogP contribution in [-0.2, 0) is 0 Å². The summed E-state index contributed by atoms with van der Waals surface area (Å²) >= 11 is 0. The Morgan fingerprint density at radius 1 is 1.86 bits per heavy atom. The summed E-state index contributed by atoms with van der Waals surface area (Å²) in [6.45, 7) is 1.43. The van der Waals surface area contributed by atoms with E-state index in [1.165, 1.54) is 6.92 Å². The molecule has 0 aliphatic rings. The van der Waals surface area contributed by atoms with Gasteiger partial charge < -0.3 is 0 Å². The predicted octanol–water partition coefficient (Wildman–Crippen LogP) is 0.778. The average Bonchev–Trinajstić information content (AvgIpc) is 1.68. The lowest BCUT2D eigenvalue weighted by Gasteiger charge is -1.72. The second kappa shape index (κ2) is 3.14. The van der Waals surface area contributed by atoms with E-state index in [2.05, 4.69) is 10.2 Å². The molecule has 0 fully saturated rings. The van der Waals surface area contributed by atoms with E-state index in [9.17, 15) is 4.91 Å². The average molecular weight is 99.1 g/mol. The van der Waals surface area contributed by atoms with Crippen LogP contribution in [0, 0.1) is 10.3 Å². The van der Waals surface area contributed by atoms with E-state index in [0.717, 1.165) is 6.34 Å². The molecule has 0 unspecified atom stereocenters. The minimum Gasteiger partial charge on any atom is -0.289 e. The van der Waals surface area contributed by atoms with Crippen molar-refractivity contribution in [3.8, 4) is 0 Å². The first-order chi connectivity index (χ1) is 3.31. The molecule has 0 aliphatic carbocycles. The lowest BCUT2D eigenvalue weighted by Crippen LogP contribution is -1.80. The Morgan fingerprint density at radius 3 is 2.57 bits per heavy atom. The maximum Gasteiger partial charge on any atom is 0.171 e. The number of nitrogens with one attached hydrogen (secondary N) is 1. The molecule has 0 rings (SSSR count). The van der Waals surface area contributed by atoms with E-state index < -0.39 is 0 Å². The fraction of sp³-hybridized carbons (Fsp3) is 0.333. The molecule has 1 N–H and O–H groups in total. The van der Waals surface area contributed by atoms with Gasteiger partial charge in [-0.2, -0.15) is 0 Å². The number of amidine groups is 1. The minimum atomic E-state index is 0.0787. The van der Waals surface area contributed by atoms with Crippen LogP contribution in [0.25, 0.3) is 0 Å². The SMILES string of the molecule is CC(N=O)=NC=N. The van der Waals surface area contributed by atoms with Crippen LogP contribution in [0.4, 0.5) is 0 Å². The maximum atomic E-state index is 9.41. The van der Waals surface area contributed by atoms with Gasteiger partial charge in [0, 0.05) is 0 Å². The molecule has 38 valence electrons. The summed E-state index contributed by atoms with van der Waals surface area (Å²) in [5.74, 6) is 0.0787. The van der Waals surface area contributed by atoms with Crippen molar-refractivity contribution in [3.63, 3.8) is 0 Å². The molecule has 0 saturated carbocycles. The Balaban J connectivity index is 3.72. The highest BCUT2D eigenvalue weighted by Gasteiger charge is 1.78. The first-order valence-electron chi connectivity index (χ1n) is 1.68. The van der Waals surface area contributed by atoms with Crippen molar-refractivity contribution in [1.82, 2.24) is 0 Å². The van der Waals surface area contributed by atoms with Crippen molar-refractivity contribution in [2.24, 2.45) is 10.2 Å². The van der Waals surface area contributed by atoms with Crippen molar-refractivity contribution >= 4 is 12.2 Å². The number of aliphatic imine (C=N–C) groups is 1. The molecule has 0 heterocycles. The number of hydrogen-bond donors (Lipinski definition) is 1. The fourth-order valence-electron chi connectivity index (χ4n) is 0.117. The molecular weight excluding hydrogens is 94.1 g/mol. The van der Waals surface area contributed by atoms with Gasteiger partial charge in [0.25, 0.3) is 0 Å². The summed E-state index contributed by atoms with van der Waals surface area (Å²) < 4.78 is 0. The molecule has 0 aromatic heterocycles. The van der Waals surface area contributed by atoms with Crippen LogP contribution in [0.2, 0.25) is 0 Å². The minimum absolute atomic E-state index is 0.0787. The van der Waals surface area contributed by atoms with Crippen molar-refractivity contribution < 1.29 is 0 Å². The van der Waals surface area contributed by atoms with Gasteiger partial charge in [-0.3, -0.25) is 5.41 Å². The Morgan fingerprint density at radius 2 is 2.43 bits per heavy atom. The van der Waals surface area contributed by atoms with Gasteiger partial charge in [-0.15, -0.1) is 4.91 Å². The standard InChI is InChI=1S/C3H5N3O/c1-3(6-7)5-2-4/h2,4H,1H3. The van der Waals surface area contributed by atoms with Gasteiger partial charge in [0.05, 0.1) is 0 Å². The van der Waals surface area contributed by atoms with Gasteiger partial charge in [-0.25, -0.2) is 4.99 Å². The van der Waals surface area contributed by atoms with Crippen LogP contribution in [-0.4, -0.2) is 12.2 Å². The maximum absolute atomic E-state index is 9.41. The van der Waals surface area contributed by atoms with Gasteiger partial charge in [0.15, 0.2) is 5.84 Å². The summed E-state index contributed by atoms with van der Waals surface area (Å²) in [6.07, 6.45) is 0.775. The van der Waals surface area contributed by atoms with Crippen LogP contribution in [0.5, 0.6) is 0 Å². The zero-order valence-electron chi connectivity index (χ0n) is 3.88. The van der Waals surface area contributed by atoms with Crippen molar-refractivity contribution in [2.45, 2.75) is 6.92 Å². The molecular formula is C3H5N3O. The first kappa shape index (κ1) is 5.94. The summed E-state index contributed by atoms with van der Waals surface area (Å²) in [5.41, 5.74) is 0. The van der Waals surface area contributed by atoms with E-state index in [4.69, 9.17) is 5.41 Å². The Bertz CT molecular complexity index is 107. The number of hydrogen-bond acceptors (Lipinski definition) is 2. The Hall–Kier alpha value is -1.06. The molecule has 0 radical (unpaired) electrons. The topological polar surface area (TPSA) is 65.6 Å². The van der Waals surface area contributed by atoms with E-state index in [-0.39, 0.29) is 5.84 Å². The molecule has 4 nitrogen and oxygen atoms in total. The lowest BCUT2D eigenvalue weighted by atomic mass is 10.7. The zero-order chi connectivity index (χ0) is 5.70. The lowest BCUT2D eigenvalue weighted by molar-refractivity contribution is 1.46. The van der Waals surface area contributed by atoms with Gasteiger partial charge in [0.1, 0.15) is 6.34 Å².